The fourth-order valence-electron chi connectivity index (χ4n) is 0.679. The molecule has 0 spiro atoms. The van der Waals surface area contributed by atoms with E-state index in [1.165, 1.54) is 0 Å². The Kier molecular flexibility index (Phi) is 3.28. The number of benzene rings is 1. The van der Waals surface area contributed by atoms with E-state index in [0.717, 1.165) is 19.6 Å². The molecule has 0 unspecified atom stereocenters. The van der Waals surface area contributed by atoms with Crippen LogP contribution in [0.25, 0.3) is 0 Å². The van der Waals surface area contributed by atoms with Crippen LogP contribution in [-0.4, -0.2) is 7.11 Å². The minimum absolute atomic E-state index is 0.801. The first-order valence-corrected chi connectivity index (χ1v) is 4.91. The van der Waals surface area contributed by atoms with Crippen molar-refractivity contribution in [2.24, 2.45) is 0 Å². The van der Waals surface area contributed by atoms with Crippen LogP contribution in [0, 0.1) is 0 Å². The van der Waals surface area contributed by atoms with Gasteiger partial charge < -0.3 is 4.74 Å². The second-order valence-corrected chi connectivity index (χ2v) is 3.98. The number of ether oxygens (including phenoxy) is 1. The molecule has 11 heavy (non-hydrogen) atoms. The molecule has 1 aromatic carbocycles. The monoisotopic (exact) mass is 296 g/mol. The van der Waals surface area contributed by atoms with Gasteiger partial charge >= 0.3 is 0 Å². The Morgan fingerprint density at radius 2 is 1.91 bits per heavy atom. The van der Waals surface area contributed by atoms with E-state index in [2.05, 4.69) is 44.5 Å². The maximum Gasteiger partial charge on any atom is 0.134 e. The molecule has 0 radical (unpaired) electrons. The number of methoxy groups -OCH3 is 1. The largest absolute Gasteiger partial charge is 0.496 e. The van der Waals surface area contributed by atoms with Crippen LogP contribution in [0.1, 0.15) is 0 Å². The zero-order valence-corrected chi connectivity index (χ0v) is 9.83. The molecule has 0 aromatic heterocycles. The molecular weight excluding hydrogens is 292 g/mol. The first kappa shape index (κ1) is 9.42. The van der Waals surface area contributed by atoms with Crippen LogP contribution in [0.15, 0.2) is 26.0 Å². The molecule has 1 aromatic rings. The molecule has 4 heteroatoms. The summed E-state index contributed by atoms with van der Waals surface area (Å²) in [5, 5.41) is 0. The molecule has 0 atom stereocenters. The lowest BCUT2D eigenvalue weighted by Crippen LogP contribution is -1.85. The van der Waals surface area contributed by atoms with Crippen molar-refractivity contribution < 1.29 is 4.74 Å². The van der Waals surface area contributed by atoms with E-state index in [1.807, 2.05) is 12.1 Å². The van der Waals surface area contributed by atoms with Gasteiger partial charge in [0, 0.05) is 9.37 Å². The van der Waals surface area contributed by atoms with Gasteiger partial charge in [-0.1, -0.05) is 0 Å². The second kappa shape index (κ2) is 3.83. The van der Waals surface area contributed by atoms with Crippen LogP contribution in [0.4, 0.5) is 0 Å². The summed E-state index contributed by atoms with van der Waals surface area (Å²) in [6.07, 6.45) is 0. The fraction of sp³-hybridized carbons (Fsp3) is 0.143. The Bertz CT molecular complexity index is 275. The van der Waals surface area contributed by atoms with Gasteiger partial charge in [-0.05, 0) is 44.0 Å². The third kappa shape index (κ3) is 1.92. The number of halogens is 2. The lowest BCUT2D eigenvalue weighted by molar-refractivity contribution is 0.411. The number of rotatable bonds is 1. The number of thiol groups is 1. The van der Waals surface area contributed by atoms with E-state index in [4.69, 9.17) is 4.74 Å². The highest BCUT2D eigenvalue weighted by atomic mass is 79.9. The van der Waals surface area contributed by atoms with Crippen LogP contribution >= 0.6 is 44.5 Å². The molecule has 0 saturated carbocycles. The summed E-state index contributed by atoms with van der Waals surface area (Å²) in [4.78, 5) is 0.887. The Labute approximate surface area is 87.8 Å². The van der Waals surface area contributed by atoms with Gasteiger partial charge in [0.1, 0.15) is 5.75 Å². The third-order valence-electron chi connectivity index (χ3n) is 1.25. The number of hydrogen-bond donors (Lipinski definition) is 1. The molecule has 0 aliphatic heterocycles. The Morgan fingerprint density at radius 1 is 1.27 bits per heavy atom. The van der Waals surface area contributed by atoms with E-state index in [-0.39, 0.29) is 0 Å². The van der Waals surface area contributed by atoms with Gasteiger partial charge in [-0.3, -0.25) is 0 Å². The summed E-state index contributed by atoms with van der Waals surface area (Å²) in [6, 6.07) is 3.73. The van der Waals surface area contributed by atoms with Crippen LogP contribution in [0.3, 0.4) is 0 Å². The third-order valence-corrected chi connectivity index (χ3v) is 4.07. The molecule has 60 valence electrons. The summed E-state index contributed by atoms with van der Waals surface area (Å²) in [5.74, 6) is 0.801. The van der Waals surface area contributed by atoms with Gasteiger partial charge in [0.2, 0.25) is 0 Å². The molecule has 0 aliphatic rings. The maximum atomic E-state index is 5.07. The smallest absolute Gasteiger partial charge is 0.134 e. The van der Waals surface area contributed by atoms with Crippen molar-refractivity contribution in [1.82, 2.24) is 0 Å². The molecule has 0 heterocycles. The van der Waals surface area contributed by atoms with Crippen molar-refractivity contribution in [2.75, 3.05) is 7.11 Å². The van der Waals surface area contributed by atoms with Gasteiger partial charge in [0.15, 0.2) is 0 Å². The first-order chi connectivity index (χ1) is 5.16. The summed E-state index contributed by atoms with van der Waals surface area (Å²) in [6.45, 7) is 0. The highest BCUT2D eigenvalue weighted by Gasteiger charge is 2.05. The highest BCUT2D eigenvalue weighted by molar-refractivity contribution is 9.13. The van der Waals surface area contributed by atoms with Crippen molar-refractivity contribution in [2.45, 2.75) is 4.90 Å². The van der Waals surface area contributed by atoms with E-state index < -0.39 is 0 Å². The van der Waals surface area contributed by atoms with Crippen LogP contribution in [0.2, 0.25) is 0 Å². The lowest BCUT2D eigenvalue weighted by atomic mass is 10.3. The lowest BCUT2D eigenvalue weighted by Gasteiger charge is -2.05. The first-order valence-electron chi connectivity index (χ1n) is 2.87. The highest BCUT2D eigenvalue weighted by Crippen LogP contribution is 2.36. The average molecular weight is 298 g/mol. The van der Waals surface area contributed by atoms with E-state index in [0.29, 0.717) is 0 Å². The SMILES string of the molecule is COc1ccc(S)c(Br)c1Br. The molecule has 0 bridgehead atoms. The number of hydrogen-bond acceptors (Lipinski definition) is 2. The standard InChI is InChI=1S/C7H6Br2OS/c1-10-4-2-3-5(11)7(9)6(4)8/h2-3,11H,1H3. The normalized spacial score (nSPS) is 9.82. The van der Waals surface area contributed by atoms with Crippen molar-refractivity contribution in [3.63, 3.8) is 0 Å². The van der Waals surface area contributed by atoms with Crippen LogP contribution in [0.5, 0.6) is 5.75 Å². The molecule has 1 nitrogen and oxygen atoms in total. The van der Waals surface area contributed by atoms with Crippen LogP contribution < -0.4 is 4.74 Å². The molecule has 0 aliphatic carbocycles. The summed E-state index contributed by atoms with van der Waals surface area (Å²) >= 11 is 11.0. The van der Waals surface area contributed by atoms with E-state index in [1.54, 1.807) is 7.11 Å². The molecular formula is C7H6Br2OS. The van der Waals surface area contributed by atoms with Crippen molar-refractivity contribution in [3.8, 4) is 5.75 Å². The quantitative estimate of drug-likeness (QED) is 0.781. The molecule has 0 saturated heterocycles. The minimum Gasteiger partial charge on any atom is -0.496 e. The van der Waals surface area contributed by atoms with Gasteiger partial charge in [-0.2, -0.15) is 0 Å². The van der Waals surface area contributed by atoms with Gasteiger partial charge in [-0.15, -0.1) is 12.6 Å². The summed E-state index contributed by atoms with van der Waals surface area (Å²) < 4.78 is 6.88. The topological polar surface area (TPSA) is 9.23 Å². The Morgan fingerprint density at radius 3 is 2.45 bits per heavy atom. The maximum absolute atomic E-state index is 5.07. The summed E-state index contributed by atoms with van der Waals surface area (Å²) in [7, 11) is 1.63. The predicted octanol–water partition coefficient (Wildman–Crippen LogP) is 3.51. The van der Waals surface area contributed by atoms with Gasteiger partial charge in [0.05, 0.1) is 11.6 Å². The van der Waals surface area contributed by atoms with Crippen molar-refractivity contribution in [3.05, 3.63) is 21.1 Å². The molecule has 0 fully saturated rings. The summed E-state index contributed by atoms with van der Waals surface area (Å²) in [5.41, 5.74) is 0. The Hall–Kier alpha value is 0.330. The molecule has 1 rings (SSSR count). The zero-order valence-electron chi connectivity index (χ0n) is 5.77. The fourth-order valence-corrected chi connectivity index (χ4v) is 1.85. The van der Waals surface area contributed by atoms with Crippen molar-refractivity contribution >= 4 is 44.5 Å². The zero-order chi connectivity index (χ0) is 8.43. The predicted molar refractivity (Wildman–Crippen MR) is 55.6 cm³/mol. The van der Waals surface area contributed by atoms with E-state index >= 15 is 0 Å². The Balaban J connectivity index is 3.25. The molecule has 0 N–H and O–H groups in total. The second-order valence-electron chi connectivity index (χ2n) is 1.91. The van der Waals surface area contributed by atoms with Gasteiger partial charge in [-0.25, -0.2) is 0 Å². The minimum atomic E-state index is 0.801. The van der Waals surface area contributed by atoms with Crippen LogP contribution in [-0.2, 0) is 0 Å². The average Bonchev–Trinajstić information content (AvgIpc) is 2.01. The van der Waals surface area contributed by atoms with Crippen molar-refractivity contribution in [1.29, 1.82) is 0 Å². The van der Waals surface area contributed by atoms with E-state index in [9.17, 15) is 0 Å². The molecule has 0 amide bonds. The van der Waals surface area contributed by atoms with Gasteiger partial charge in [0.25, 0.3) is 0 Å².